The maximum absolute atomic E-state index is 10.5. The van der Waals surface area contributed by atoms with Crippen LogP contribution in [-0.4, -0.2) is 21.3 Å². The predicted octanol–water partition coefficient (Wildman–Crippen LogP) is 1.27. The van der Waals surface area contributed by atoms with E-state index in [1.807, 2.05) is 17.5 Å². The highest BCUT2D eigenvalue weighted by molar-refractivity contribution is 7.85. The van der Waals surface area contributed by atoms with Crippen molar-refractivity contribution >= 4 is 21.5 Å². The Morgan fingerprint density at radius 3 is 2.83 bits per heavy atom. The zero-order chi connectivity index (χ0) is 9.03. The molecule has 0 aromatic carbocycles. The Labute approximate surface area is 76.1 Å². The molecule has 1 aromatic heterocycles. The highest BCUT2D eigenvalue weighted by atomic mass is 32.2. The van der Waals surface area contributed by atoms with Crippen molar-refractivity contribution in [3.8, 4) is 0 Å². The first kappa shape index (κ1) is 9.70. The fourth-order valence-corrected chi connectivity index (χ4v) is 1.82. The minimum absolute atomic E-state index is 0.235. The van der Waals surface area contributed by atoms with Crippen LogP contribution in [0.5, 0.6) is 0 Å². The summed E-state index contributed by atoms with van der Waals surface area (Å²) in [7, 11) is -3.27. The van der Waals surface area contributed by atoms with Gasteiger partial charge in [0.25, 0.3) is 10.1 Å². The molecule has 0 saturated heterocycles. The van der Waals surface area contributed by atoms with Gasteiger partial charge in [-0.05, 0) is 11.4 Å². The Morgan fingerprint density at radius 1 is 1.58 bits per heavy atom. The predicted molar refractivity (Wildman–Crippen MR) is 48.8 cm³/mol. The third-order valence-electron chi connectivity index (χ3n) is 1.23. The van der Waals surface area contributed by atoms with Crippen molar-refractivity contribution < 1.29 is 12.6 Å². The molecule has 3 nitrogen and oxygen atoms in total. The molecule has 0 atom stereocenters. The van der Waals surface area contributed by atoms with Crippen molar-refractivity contribution in [1.82, 2.24) is 0 Å². The van der Waals surface area contributed by atoms with Crippen LogP contribution in [0.3, 0.4) is 0 Å². The van der Waals surface area contributed by atoms with Crippen LogP contribution in [0.2, 0.25) is 0 Å². The van der Waals surface area contributed by atoms with E-state index in [4.69, 9.17) is 0 Å². The lowest BCUT2D eigenvalue weighted by Gasteiger charge is -1.97. The summed E-state index contributed by atoms with van der Waals surface area (Å²) in [5.74, 6) is 0. The van der Waals surface area contributed by atoms with E-state index < -0.39 is 10.1 Å². The minimum Gasteiger partial charge on any atom is -0.270 e. The zero-order valence-electron chi connectivity index (χ0n) is 6.69. The molecule has 1 aromatic rings. The van der Waals surface area contributed by atoms with E-state index in [9.17, 15) is 8.42 Å². The average molecular weight is 206 g/mol. The first-order valence-electron chi connectivity index (χ1n) is 3.45. The van der Waals surface area contributed by atoms with Crippen LogP contribution in [0.25, 0.3) is 0 Å². The summed E-state index contributed by atoms with van der Waals surface area (Å²) < 4.78 is 25.7. The fraction of sp³-hybridized carbons (Fsp3) is 0.429. The highest BCUT2D eigenvalue weighted by Crippen LogP contribution is 2.09. The SMILES string of the molecule is CS(=O)(=O)OCCc1cccs1. The van der Waals surface area contributed by atoms with Crippen LogP contribution in [0.1, 0.15) is 4.88 Å². The molecule has 68 valence electrons. The molecule has 12 heavy (non-hydrogen) atoms. The fourth-order valence-electron chi connectivity index (χ4n) is 0.748. The number of rotatable bonds is 4. The van der Waals surface area contributed by atoms with E-state index in [-0.39, 0.29) is 6.61 Å². The topological polar surface area (TPSA) is 43.4 Å². The van der Waals surface area contributed by atoms with Crippen molar-refractivity contribution in [2.24, 2.45) is 0 Å². The van der Waals surface area contributed by atoms with E-state index in [2.05, 4.69) is 4.18 Å². The van der Waals surface area contributed by atoms with Gasteiger partial charge in [0.05, 0.1) is 12.9 Å². The molecule has 0 bridgehead atoms. The van der Waals surface area contributed by atoms with Gasteiger partial charge < -0.3 is 0 Å². The van der Waals surface area contributed by atoms with Crippen molar-refractivity contribution in [2.75, 3.05) is 12.9 Å². The Hall–Kier alpha value is -0.390. The molecule has 0 spiro atoms. The molecule has 1 rings (SSSR count). The molecule has 5 heteroatoms. The molecule has 0 saturated carbocycles. The van der Waals surface area contributed by atoms with Crippen LogP contribution in [-0.2, 0) is 20.7 Å². The minimum atomic E-state index is -3.27. The van der Waals surface area contributed by atoms with Gasteiger partial charge in [-0.25, -0.2) is 0 Å². The molecule has 0 fully saturated rings. The van der Waals surface area contributed by atoms with Gasteiger partial charge in [0.2, 0.25) is 0 Å². The largest absolute Gasteiger partial charge is 0.270 e. The van der Waals surface area contributed by atoms with Gasteiger partial charge in [-0.15, -0.1) is 11.3 Å². The summed E-state index contributed by atoms with van der Waals surface area (Å²) in [6.45, 7) is 0.235. The maximum atomic E-state index is 10.5. The molecule has 0 aliphatic rings. The zero-order valence-corrected chi connectivity index (χ0v) is 8.32. The average Bonchev–Trinajstić information content (AvgIpc) is 2.36. The summed E-state index contributed by atoms with van der Waals surface area (Å²) in [6, 6.07) is 3.89. The first-order chi connectivity index (χ1) is 5.58. The van der Waals surface area contributed by atoms with E-state index in [1.165, 1.54) is 0 Å². The third-order valence-corrected chi connectivity index (χ3v) is 2.76. The Morgan fingerprint density at radius 2 is 2.33 bits per heavy atom. The molecule has 0 N–H and O–H groups in total. The molecule has 0 aliphatic heterocycles. The Kier molecular flexibility index (Phi) is 3.25. The van der Waals surface area contributed by atoms with Gasteiger partial charge in [-0.2, -0.15) is 8.42 Å². The Balaban J connectivity index is 2.29. The maximum Gasteiger partial charge on any atom is 0.264 e. The number of thiophene rings is 1. The normalized spacial score (nSPS) is 11.8. The van der Waals surface area contributed by atoms with Crippen molar-refractivity contribution in [3.63, 3.8) is 0 Å². The lowest BCUT2D eigenvalue weighted by molar-refractivity contribution is 0.327. The van der Waals surface area contributed by atoms with Gasteiger partial charge in [0.1, 0.15) is 0 Å². The Bertz CT molecular complexity index is 312. The van der Waals surface area contributed by atoms with E-state index in [0.29, 0.717) is 6.42 Å². The van der Waals surface area contributed by atoms with Crippen molar-refractivity contribution in [3.05, 3.63) is 22.4 Å². The second-order valence-corrected chi connectivity index (χ2v) is 5.03. The number of hydrogen-bond donors (Lipinski definition) is 0. The summed E-state index contributed by atoms with van der Waals surface area (Å²) in [6.07, 6.45) is 1.71. The summed E-state index contributed by atoms with van der Waals surface area (Å²) in [5, 5.41) is 1.95. The smallest absolute Gasteiger partial charge is 0.264 e. The lowest BCUT2D eigenvalue weighted by atomic mass is 10.4. The van der Waals surface area contributed by atoms with Crippen LogP contribution in [0.15, 0.2) is 17.5 Å². The standard InChI is InChI=1S/C7H10O3S2/c1-12(8,9)10-5-4-7-3-2-6-11-7/h2-3,6H,4-5H2,1H3. The van der Waals surface area contributed by atoms with Crippen molar-refractivity contribution in [2.45, 2.75) is 6.42 Å². The summed E-state index contributed by atoms with van der Waals surface area (Å²) in [4.78, 5) is 1.14. The molecule has 0 aliphatic carbocycles. The van der Waals surface area contributed by atoms with Gasteiger partial charge in [0, 0.05) is 11.3 Å². The van der Waals surface area contributed by atoms with E-state index in [0.717, 1.165) is 11.1 Å². The van der Waals surface area contributed by atoms with Crippen LogP contribution >= 0.6 is 11.3 Å². The van der Waals surface area contributed by atoms with Gasteiger partial charge in [-0.3, -0.25) is 4.18 Å². The molecule has 1 heterocycles. The van der Waals surface area contributed by atoms with Gasteiger partial charge >= 0.3 is 0 Å². The summed E-state index contributed by atoms with van der Waals surface area (Å²) in [5.41, 5.74) is 0. The van der Waals surface area contributed by atoms with Crippen LogP contribution in [0.4, 0.5) is 0 Å². The number of hydrogen-bond acceptors (Lipinski definition) is 4. The van der Waals surface area contributed by atoms with Crippen LogP contribution in [0, 0.1) is 0 Å². The van der Waals surface area contributed by atoms with Crippen molar-refractivity contribution in [1.29, 1.82) is 0 Å². The van der Waals surface area contributed by atoms with Crippen LogP contribution < -0.4 is 0 Å². The van der Waals surface area contributed by atoms with E-state index in [1.54, 1.807) is 11.3 Å². The van der Waals surface area contributed by atoms with Gasteiger partial charge in [0.15, 0.2) is 0 Å². The molecular weight excluding hydrogens is 196 g/mol. The lowest BCUT2D eigenvalue weighted by Crippen LogP contribution is -2.05. The monoisotopic (exact) mass is 206 g/mol. The molecule has 0 radical (unpaired) electrons. The second kappa shape index (κ2) is 4.02. The third kappa shape index (κ3) is 3.85. The first-order valence-corrected chi connectivity index (χ1v) is 6.14. The highest BCUT2D eigenvalue weighted by Gasteiger charge is 2.01. The summed E-state index contributed by atoms with van der Waals surface area (Å²) >= 11 is 1.60. The molecule has 0 amide bonds. The quantitative estimate of drug-likeness (QED) is 0.697. The van der Waals surface area contributed by atoms with Gasteiger partial charge in [-0.1, -0.05) is 6.07 Å². The molecular formula is C7H10O3S2. The second-order valence-electron chi connectivity index (χ2n) is 2.36. The van der Waals surface area contributed by atoms with E-state index >= 15 is 0 Å². The molecule has 0 unspecified atom stereocenters.